The molecule has 0 radical (unpaired) electrons. The summed E-state index contributed by atoms with van der Waals surface area (Å²) in [4.78, 5) is 22.9. The molecule has 0 saturated carbocycles. The normalized spacial score (nSPS) is 11.4. The molecule has 5 aromatic rings. The van der Waals surface area contributed by atoms with Gasteiger partial charge in [-0.25, -0.2) is 23.1 Å². The van der Waals surface area contributed by atoms with E-state index in [0.29, 0.717) is 45.0 Å². The van der Waals surface area contributed by atoms with E-state index in [0.717, 1.165) is 0 Å². The third-order valence-corrected chi connectivity index (χ3v) is 7.98. The maximum absolute atomic E-state index is 13.6. The number of carbonyl (C=O) groups excluding carboxylic acids is 1. The smallest absolute Gasteiger partial charge is 0.264 e. The highest BCUT2D eigenvalue weighted by Gasteiger charge is 2.25. The van der Waals surface area contributed by atoms with Crippen LogP contribution in [0.15, 0.2) is 87.1 Å². The predicted molar refractivity (Wildman–Crippen MR) is 149 cm³/mol. The fourth-order valence-electron chi connectivity index (χ4n) is 4.15. The molecule has 12 heteroatoms. The third kappa shape index (κ3) is 5.47. The van der Waals surface area contributed by atoms with Gasteiger partial charge in [0.2, 0.25) is 11.8 Å². The van der Waals surface area contributed by atoms with E-state index in [1.807, 2.05) is 6.07 Å². The molecule has 40 heavy (non-hydrogen) atoms. The minimum absolute atomic E-state index is 0.0319. The fourth-order valence-corrected chi connectivity index (χ4v) is 5.53. The Labute approximate surface area is 235 Å². The van der Waals surface area contributed by atoms with Gasteiger partial charge in [0.05, 0.1) is 22.3 Å². The topological polar surface area (TPSA) is 131 Å². The number of carbonyl (C=O) groups is 1. The molecule has 204 valence electrons. The van der Waals surface area contributed by atoms with Crippen LogP contribution in [-0.4, -0.2) is 41.4 Å². The molecule has 3 heterocycles. The van der Waals surface area contributed by atoms with Gasteiger partial charge in [-0.2, -0.15) is 0 Å². The predicted octanol–water partition coefficient (Wildman–Crippen LogP) is 5.73. The number of nitrogens with zero attached hydrogens (tertiary/aromatic N) is 4. The molecule has 10 nitrogen and oxygen atoms in total. The van der Waals surface area contributed by atoms with Crippen LogP contribution in [-0.2, 0) is 16.6 Å². The number of oxazole rings is 1. The first kappa shape index (κ1) is 27.1. The molecule has 0 fully saturated rings. The van der Waals surface area contributed by atoms with Crippen LogP contribution in [0.3, 0.4) is 0 Å². The Morgan fingerprint density at radius 3 is 2.52 bits per heavy atom. The zero-order chi connectivity index (χ0) is 28.4. The molecule has 0 aliphatic rings. The van der Waals surface area contributed by atoms with Crippen molar-refractivity contribution in [2.75, 3.05) is 11.8 Å². The number of halogens is 1. The third-order valence-electron chi connectivity index (χ3n) is 6.36. The summed E-state index contributed by atoms with van der Waals surface area (Å²) >= 11 is 5.88. The van der Waals surface area contributed by atoms with E-state index < -0.39 is 10.0 Å². The Kier molecular flexibility index (Phi) is 7.42. The van der Waals surface area contributed by atoms with E-state index in [2.05, 4.69) is 19.8 Å². The molecule has 3 aromatic heterocycles. The van der Waals surface area contributed by atoms with Crippen LogP contribution in [0.1, 0.15) is 27.2 Å². The first-order valence-electron chi connectivity index (χ1n) is 12.1. The fraction of sp³-hybridized carbons (Fsp3) is 0.143. The van der Waals surface area contributed by atoms with Gasteiger partial charge in [0.1, 0.15) is 11.4 Å². The van der Waals surface area contributed by atoms with Crippen molar-refractivity contribution in [1.29, 1.82) is 0 Å². The highest BCUT2D eigenvalue weighted by molar-refractivity contribution is 7.92. The molecular weight excluding hydrogens is 554 g/mol. The first-order valence-corrected chi connectivity index (χ1v) is 13.9. The van der Waals surface area contributed by atoms with Gasteiger partial charge in [-0.05, 0) is 55.3 Å². The van der Waals surface area contributed by atoms with Crippen molar-refractivity contribution in [3.05, 3.63) is 101 Å². The second-order valence-electron chi connectivity index (χ2n) is 9.06. The summed E-state index contributed by atoms with van der Waals surface area (Å²) in [5.41, 5.74) is 3.92. The molecule has 0 aliphatic heterocycles. The minimum Gasteiger partial charge on any atom is -0.445 e. The van der Waals surface area contributed by atoms with E-state index in [1.54, 1.807) is 63.4 Å². The highest BCUT2D eigenvalue weighted by atomic mass is 35.5. The number of hydrogen-bond acceptors (Lipinski definition) is 8. The minimum atomic E-state index is -4.08. The summed E-state index contributed by atoms with van der Waals surface area (Å²) in [6, 6.07) is 15.1. The highest BCUT2D eigenvalue weighted by Crippen LogP contribution is 2.35. The van der Waals surface area contributed by atoms with Crippen molar-refractivity contribution in [1.82, 2.24) is 20.0 Å². The Hall–Kier alpha value is -4.48. The molecule has 0 bridgehead atoms. The maximum atomic E-state index is 13.6. The second-order valence-corrected chi connectivity index (χ2v) is 11.1. The number of anilines is 1. The van der Waals surface area contributed by atoms with Crippen LogP contribution in [0.5, 0.6) is 0 Å². The van der Waals surface area contributed by atoms with Crippen molar-refractivity contribution in [2.45, 2.75) is 25.3 Å². The van der Waals surface area contributed by atoms with Gasteiger partial charge in [0.15, 0.2) is 0 Å². The van der Waals surface area contributed by atoms with Gasteiger partial charge in [0.25, 0.3) is 15.9 Å². The van der Waals surface area contributed by atoms with Crippen LogP contribution >= 0.6 is 11.6 Å². The van der Waals surface area contributed by atoms with Gasteiger partial charge in [-0.15, -0.1) is 0 Å². The maximum Gasteiger partial charge on any atom is 0.264 e. The van der Waals surface area contributed by atoms with Gasteiger partial charge in [-0.3, -0.25) is 4.79 Å². The van der Waals surface area contributed by atoms with Crippen molar-refractivity contribution in [3.63, 3.8) is 0 Å². The van der Waals surface area contributed by atoms with Crippen molar-refractivity contribution >= 4 is 33.4 Å². The lowest BCUT2D eigenvalue weighted by atomic mass is 9.96. The Morgan fingerprint density at radius 2 is 1.85 bits per heavy atom. The first-order chi connectivity index (χ1) is 19.1. The molecule has 5 rings (SSSR count). The number of aryl methyl sites for hydroxylation is 1. The molecule has 1 N–H and O–H groups in total. The molecule has 2 aromatic carbocycles. The molecule has 0 spiro atoms. The lowest BCUT2D eigenvalue weighted by Gasteiger charge is -2.21. The number of rotatable bonds is 8. The van der Waals surface area contributed by atoms with Crippen LogP contribution < -0.4 is 4.72 Å². The number of aromatic nitrogens is 3. The number of hydrogen-bond donors (Lipinski definition) is 1. The molecule has 0 atom stereocenters. The number of benzene rings is 2. The summed E-state index contributed by atoms with van der Waals surface area (Å²) in [5, 5.41) is 4.12. The Morgan fingerprint density at radius 1 is 1.05 bits per heavy atom. The van der Waals surface area contributed by atoms with Crippen LogP contribution in [0.25, 0.3) is 22.6 Å². The zero-order valence-corrected chi connectivity index (χ0v) is 23.3. The van der Waals surface area contributed by atoms with Gasteiger partial charge in [0, 0.05) is 36.5 Å². The number of nitrogens with one attached hydrogen (secondary N) is 1. The van der Waals surface area contributed by atoms with Crippen molar-refractivity contribution in [3.8, 4) is 22.6 Å². The monoisotopic (exact) mass is 577 g/mol. The molecular formula is C28H24ClN5O5S. The van der Waals surface area contributed by atoms with Crippen LogP contribution in [0.2, 0.25) is 5.15 Å². The Bertz CT molecular complexity index is 1780. The zero-order valence-electron chi connectivity index (χ0n) is 21.8. The summed E-state index contributed by atoms with van der Waals surface area (Å²) in [7, 11) is -2.43. The standard InChI is InChI=1S/C28H24ClN5O5S/c1-17-18(2)32-39-26(17)33-40(36,37)24-7-5-4-6-23(24)22-10-8-19(27-30-12-13-38-27)14-21(22)16-34(3)28(35)20-9-11-25(29)31-15-20/h4-15,33H,16H2,1-3H3. The van der Waals surface area contributed by atoms with Crippen molar-refractivity contribution in [2.24, 2.45) is 0 Å². The summed E-state index contributed by atoms with van der Waals surface area (Å²) in [6.45, 7) is 3.59. The van der Waals surface area contributed by atoms with E-state index >= 15 is 0 Å². The second kappa shape index (κ2) is 10.9. The lowest BCUT2D eigenvalue weighted by Crippen LogP contribution is -2.26. The van der Waals surface area contributed by atoms with E-state index in [-0.39, 0.29) is 28.4 Å². The van der Waals surface area contributed by atoms with E-state index in [1.165, 1.54) is 29.6 Å². The summed E-state index contributed by atoms with van der Waals surface area (Å²) in [6.07, 6.45) is 4.41. The molecule has 0 unspecified atom stereocenters. The molecule has 0 aliphatic carbocycles. The van der Waals surface area contributed by atoms with Gasteiger partial charge in [-0.1, -0.05) is 41.0 Å². The van der Waals surface area contributed by atoms with E-state index in [4.69, 9.17) is 20.5 Å². The van der Waals surface area contributed by atoms with Gasteiger partial charge < -0.3 is 13.8 Å². The number of amides is 1. The quantitative estimate of drug-likeness (QED) is 0.231. The average Bonchev–Trinajstić information content (AvgIpc) is 3.59. The van der Waals surface area contributed by atoms with Crippen LogP contribution in [0.4, 0.5) is 5.88 Å². The molecule has 0 saturated heterocycles. The average molecular weight is 578 g/mol. The van der Waals surface area contributed by atoms with Crippen LogP contribution in [0, 0.1) is 13.8 Å². The Balaban J connectivity index is 1.57. The molecule has 1 amide bonds. The lowest BCUT2D eigenvalue weighted by molar-refractivity contribution is 0.0785. The summed E-state index contributed by atoms with van der Waals surface area (Å²) < 4.78 is 40.3. The number of pyridine rings is 1. The SMILES string of the molecule is Cc1noc(NS(=O)(=O)c2ccccc2-c2ccc(-c3ncco3)cc2CN(C)C(=O)c2ccc(Cl)nc2)c1C. The van der Waals surface area contributed by atoms with E-state index in [9.17, 15) is 13.2 Å². The number of sulfonamides is 1. The summed E-state index contributed by atoms with van der Waals surface area (Å²) in [5.74, 6) is 0.159. The van der Waals surface area contributed by atoms with Gasteiger partial charge >= 0.3 is 0 Å². The largest absolute Gasteiger partial charge is 0.445 e. The van der Waals surface area contributed by atoms with Crippen molar-refractivity contribution < 1.29 is 22.2 Å².